The number of aliphatic hydroxyl groups is 1. The first-order chi connectivity index (χ1) is 9.06. The fraction of sp³-hybridized carbons (Fsp3) is 0.857. The molecule has 1 saturated carbocycles. The highest BCUT2D eigenvalue weighted by Gasteiger charge is 2.44. The van der Waals surface area contributed by atoms with E-state index < -0.39 is 6.10 Å². The molecule has 0 aromatic carbocycles. The number of amides is 2. The summed E-state index contributed by atoms with van der Waals surface area (Å²) < 4.78 is 4.83. The zero-order valence-electron chi connectivity index (χ0n) is 11.6. The maximum Gasteiger partial charge on any atom is 0.229 e. The van der Waals surface area contributed by atoms with E-state index in [0.717, 1.165) is 25.7 Å². The summed E-state index contributed by atoms with van der Waals surface area (Å²) in [5.74, 6) is -0.262. The van der Waals surface area contributed by atoms with Gasteiger partial charge in [0.05, 0.1) is 19.3 Å². The van der Waals surface area contributed by atoms with Crippen molar-refractivity contribution in [3.8, 4) is 0 Å². The van der Waals surface area contributed by atoms with Crippen molar-refractivity contribution in [3.05, 3.63) is 0 Å². The molecular formula is C14H23NO4. The lowest BCUT2D eigenvalue weighted by Crippen LogP contribution is -2.51. The van der Waals surface area contributed by atoms with Crippen molar-refractivity contribution in [1.82, 2.24) is 4.90 Å². The van der Waals surface area contributed by atoms with Crippen molar-refractivity contribution in [2.24, 2.45) is 5.41 Å². The molecule has 2 fully saturated rings. The quantitative estimate of drug-likeness (QED) is 0.776. The molecule has 19 heavy (non-hydrogen) atoms. The highest BCUT2D eigenvalue weighted by molar-refractivity contribution is 5.98. The number of carbonyl (C=O) groups is 2. The molecule has 1 saturated heterocycles. The Hall–Kier alpha value is -0.940. The molecule has 108 valence electrons. The Morgan fingerprint density at radius 1 is 1.21 bits per heavy atom. The van der Waals surface area contributed by atoms with Crippen LogP contribution < -0.4 is 0 Å². The van der Waals surface area contributed by atoms with Crippen LogP contribution in [0.25, 0.3) is 0 Å². The van der Waals surface area contributed by atoms with Gasteiger partial charge in [-0.25, -0.2) is 0 Å². The van der Waals surface area contributed by atoms with E-state index >= 15 is 0 Å². The summed E-state index contributed by atoms with van der Waals surface area (Å²) in [5, 5.41) is 9.67. The van der Waals surface area contributed by atoms with Crippen LogP contribution in [0.3, 0.4) is 0 Å². The molecule has 0 aromatic heterocycles. The van der Waals surface area contributed by atoms with Gasteiger partial charge in [-0.3, -0.25) is 14.5 Å². The number of imide groups is 1. The second kappa shape index (κ2) is 6.01. The van der Waals surface area contributed by atoms with Crippen LogP contribution in [-0.4, -0.2) is 48.2 Å². The summed E-state index contributed by atoms with van der Waals surface area (Å²) in [7, 11) is 1.49. The van der Waals surface area contributed by atoms with Gasteiger partial charge in [0.2, 0.25) is 11.8 Å². The SMILES string of the molecule is COCC(O)CN1C(=O)CC2(CCCCC2)CC1=O. The summed E-state index contributed by atoms with van der Waals surface area (Å²) in [4.78, 5) is 25.6. The fourth-order valence-corrected chi connectivity index (χ4v) is 3.35. The number of aliphatic hydroxyl groups excluding tert-OH is 1. The Labute approximate surface area is 113 Å². The number of rotatable bonds is 4. The van der Waals surface area contributed by atoms with Crippen LogP contribution in [0.1, 0.15) is 44.9 Å². The monoisotopic (exact) mass is 269 g/mol. The first-order valence-corrected chi connectivity index (χ1v) is 7.06. The zero-order valence-corrected chi connectivity index (χ0v) is 11.6. The minimum atomic E-state index is -0.793. The smallest absolute Gasteiger partial charge is 0.229 e. The van der Waals surface area contributed by atoms with Crippen LogP contribution in [0.4, 0.5) is 0 Å². The van der Waals surface area contributed by atoms with E-state index in [1.54, 1.807) is 0 Å². The molecular weight excluding hydrogens is 246 g/mol. The van der Waals surface area contributed by atoms with Gasteiger partial charge in [0, 0.05) is 20.0 Å². The average molecular weight is 269 g/mol. The second-order valence-electron chi connectivity index (χ2n) is 5.92. The van der Waals surface area contributed by atoms with Crippen LogP contribution in [-0.2, 0) is 14.3 Å². The summed E-state index contributed by atoms with van der Waals surface area (Å²) in [5.41, 5.74) is -0.0882. The van der Waals surface area contributed by atoms with E-state index in [4.69, 9.17) is 4.74 Å². The molecule has 5 heteroatoms. The first-order valence-electron chi connectivity index (χ1n) is 7.06. The lowest BCUT2D eigenvalue weighted by Gasteiger charge is -2.42. The fourth-order valence-electron chi connectivity index (χ4n) is 3.35. The summed E-state index contributed by atoms with van der Waals surface area (Å²) in [6.07, 6.45) is 5.54. The van der Waals surface area contributed by atoms with E-state index in [1.165, 1.54) is 18.4 Å². The highest BCUT2D eigenvalue weighted by Crippen LogP contribution is 2.45. The van der Waals surface area contributed by atoms with Gasteiger partial charge in [-0.05, 0) is 18.3 Å². The van der Waals surface area contributed by atoms with Crippen LogP contribution in [0, 0.1) is 5.41 Å². The number of carbonyl (C=O) groups excluding carboxylic acids is 2. The largest absolute Gasteiger partial charge is 0.389 e. The molecule has 0 aromatic rings. The third-order valence-corrected chi connectivity index (χ3v) is 4.32. The number of hydrogen-bond donors (Lipinski definition) is 1. The molecule has 1 atom stereocenters. The molecule has 2 amide bonds. The number of likely N-dealkylation sites (tertiary alicyclic amines) is 1. The first kappa shape index (κ1) is 14.5. The zero-order chi connectivity index (χ0) is 13.9. The van der Waals surface area contributed by atoms with E-state index in [0.29, 0.717) is 12.8 Å². The lowest BCUT2D eigenvalue weighted by atomic mass is 9.67. The van der Waals surface area contributed by atoms with Gasteiger partial charge in [0.25, 0.3) is 0 Å². The number of piperidine rings is 1. The normalized spacial score (nSPS) is 24.8. The predicted octanol–water partition coefficient (Wildman–Crippen LogP) is 1.09. The summed E-state index contributed by atoms with van der Waals surface area (Å²) in [6.45, 7) is 0.198. The van der Waals surface area contributed by atoms with Gasteiger partial charge in [-0.2, -0.15) is 0 Å². The second-order valence-corrected chi connectivity index (χ2v) is 5.92. The summed E-state index contributed by atoms with van der Waals surface area (Å²) >= 11 is 0. The highest BCUT2D eigenvalue weighted by atomic mass is 16.5. The molecule has 0 bridgehead atoms. The van der Waals surface area contributed by atoms with Crippen molar-refractivity contribution in [3.63, 3.8) is 0 Å². The van der Waals surface area contributed by atoms with Crippen molar-refractivity contribution in [1.29, 1.82) is 0 Å². The van der Waals surface area contributed by atoms with Crippen molar-refractivity contribution in [2.75, 3.05) is 20.3 Å². The Morgan fingerprint density at radius 2 is 1.79 bits per heavy atom. The minimum Gasteiger partial charge on any atom is -0.389 e. The Bertz CT molecular complexity index is 329. The van der Waals surface area contributed by atoms with Crippen molar-refractivity contribution >= 4 is 11.8 Å². The van der Waals surface area contributed by atoms with Crippen LogP contribution in [0.2, 0.25) is 0 Å². The predicted molar refractivity (Wildman–Crippen MR) is 69.4 cm³/mol. The van der Waals surface area contributed by atoms with Crippen molar-refractivity contribution < 1.29 is 19.4 Å². The van der Waals surface area contributed by atoms with Gasteiger partial charge in [-0.1, -0.05) is 19.3 Å². The van der Waals surface area contributed by atoms with Crippen LogP contribution in [0.5, 0.6) is 0 Å². The lowest BCUT2D eigenvalue weighted by molar-refractivity contribution is -0.156. The molecule has 1 spiro atoms. The Morgan fingerprint density at radius 3 is 2.32 bits per heavy atom. The molecule has 1 unspecified atom stereocenters. The third-order valence-electron chi connectivity index (χ3n) is 4.32. The Balaban J connectivity index is 1.98. The Kier molecular flexibility index (Phi) is 4.58. The van der Waals surface area contributed by atoms with Gasteiger partial charge in [0.15, 0.2) is 0 Å². The maximum absolute atomic E-state index is 12.2. The van der Waals surface area contributed by atoms with E-state index in [9.17, 15) is 14.7 Å². The standard InChI is InChI=1S/C14H23NO4/c1-19-10-11(16)9-15-12(17)7-14(8-13(15)18)5-3-2-4-6-14/h11,16H,2-10H2,1H3. The molecule has 2 rings (SSSR count). The number of ether oxygens (including phenoxy) is 1. The molecule has 5 nitrogen and oxygen atoms in total. The molecule has 0 radical (unpaired) electrons. The minimum absolute atomic E-state index is 0.0571. The van der Waals surface area contributed by atoms with E-state index in [1.807, 2.05) is 0 Å². The van der Waals surface area contributed by atoms with Crippen LogP contribution in [0.15, 0.2) is 0 Å². The average Bonchev–Trinajstić information content (AvgIpc) is 2.35. The molecule has 1 heterocycles. The number of β-amino-alcohol motifs (C(OH)–C–C–N with tert-alkyl or cyclic N) is 1. The van der Waals surface area contributed by atoms with E-state index in [-0.39, 0.29) is 30.4 Å². The number of methoxy groups -OCH3 is 1. The molecule has 1 aliphatic heterocycles. The van der Waals surface area contributed by atoms with Gasteiger partial charge >= 0.3 is 0 Å². The summed E-state index contributed by atoms with van der Waals surface area (Å²) in [6, 6.07) is 0. The van der Waals surface area contributed by atoms with Crippen molar-refractivity contribution in [2.45, 2.75) is 51.0 Å². The maximum atomic E-state index is 12.2. The molecule has 2 aliphatic rings. The van der Waals surface area contributed by atoms with Gasteiger partial charge < -0.3 is 9.84 Å². The van der Waals surface area contributed by atoms with Crippen LogP contribution >= 0.6 is 0 Å². The molecule has 1 N–H and O–H groups in total. The number of hydrogen-bond acceptors (Lipinski definition) is 4. The number of nitrogens with zero attached hydrogens (tertiary/aromatic N) is 1. The van der Waals surface area contributed by atoms with Gasteiger partial charge in [0.1, 0.15) is 0 Å². The third kappa shape index (κ3) is 3.34. The van der Waals surface area contributed by atoms with E-state index in [2.05, 4.69) is 0 Å². The molecule has 1 aliphatic carbocycles. The topological polar surface area (TPSA) is 66.8 Å². The van der Waals surface area contributed by atoms with Gasteiger partial charge in [-0.15, -0.1) is 0 Å².